The minimum atomic E-state index is -0.421. The predicted octanol–water partition coefficient (Wildman–Crippen LogP) is 2.41. The van der Waals surface area contributed by atoms with Crippen molar-refractivity contribution >= 4 is 12.0 Å². The fourth-order valence-corrected chi connectivity index (χ4v) is 3.53. The van der Waals surface area contributed by atoms with Crippen LogP contribution in [0.4, 0.5) is 4.79 Å². The molecule has 5 nitrogen and oxygen atoms in total. The second-order valence-electron chi connectivity index (χ2n) is 6.01. The van der Waals surface area contributed by atoms with Crippen molar-refractivity contribution in [2.45, 2.75) is 44.3 Å². The third-order valence-corrected chi connectivity index (χ3v) is 4.66. The van der Waals surface area contributed by atoms with Crippen LogP contribution in [0.15, 0.2) is 30.3 Å². The van der Waals surface area contributed by atoms with Crippen molar-refractivity contribution in [1.29, 1.82) is 0 Å². The number of piperidine rings is 1. The van der Waals surface area contributed by atoms with E-state index in [9.17, 15) is 9.59 Å². The lowest BCUT2D eigenvalue weighted by Gasteiger charge is -2.47. The molecule has 0 saturated carbocycles. The van der Waals surface area contributed by atoms with E-state index >= 15 is 0 Å². The minimum absolute atomic E-state index is 0.0322. The standard InChI is InChI=1S/C17H22N2O3/c1-22-16(20)15-9-5-8-14-10-11-18(17(21)19(14)15)12-13-6-3-2-4-7-13/h2-4,6-7,14-15H,5,8-12H2,1H3/t14-,15-/m0/s1. The van der Waals surface area contributed by atoms with Crippen LogP contribution in [0.1, 0.15) is 31.2 Å². The summed E-state index contributed by atoms with van der Waals surface area (Å²) < 4.78 is 4.89. The van der Waals surface area contributed by atoms with E-state index in [0.717, 1.165) is 31.4 Å². The summed E-state index contributed by atoms with van der Waals surface area (Å²) in [6.45, 7) is 1.35. The summed E-state index contributed by atoms with van der Waals surface area (Å²) in [6, 6.07) is 9.69. The van der Waals surface area contributed by atoms with E-state index in [4.69, 9.17) is 4.74 Å². The molecule has 2 atom stereocenters. The first kappa shape index (κ1) is 14.9. The zero-order valence-corrected chi connectivity index (χ0v) is 12.9. The van der Waals surface area contributed by atoms with E-state index < -0.39 is 6.04 Å². The maximum Gasteiger partial charge on any atom is 0.328 e. The fourth-order valence-electron chi connectivity index (χ4n) is 3.53. The largest absolute Gasteiger partial charge is 0.467 e. The number of esters is 1. The molecule has 1 aromatic carbocycles. The summed E-state index contributed by atoms with van der Waals surface area (Å²) in [5.74, 6) is -0.292. The van der Waals surface area contributed by atoms with Crippen molar-refractivity contribution in [3.63, 3.8) is 0 Å². The average molecular weight is 302 g/mol. The summed E-state index contributed by atoms with van der Waals surface area (Å²) in [5.41, 5.74) is 1.11. The van der Waals surface area contributed by atoms with Crippen molar-refractivity contribution in [2.24, 2.45) is 0 Å². The quantitative estimate of drug-likeness (QED) is 0.806. The number of hydrogen-bond acceptors (Lipinski definition) is 3. The monoisotopic (exact) mass is 302 g/mol. The molecule has 0 aliphatic carbocycles. The summed E-state index contributed by atoms with van der Waals surface area (Å²) >= 11 is 0. The molecule has 0 unspecified atom stereocenters. The Morgan fingerprint density at radius 3 is 2.73 bits per heavy atom. The van der Waals surface area contributed by atoms with Crippen LogP contribution in [0.2, 0.25) is 0 Å². The van der Waals surface area contributed by atoms with Crippen LogP contribution in [-0.4, -0.2) is 47.5 Å². The van der Waals surface area contributed by atoms with Gasteiger partial charge in [-0.25, -0.2) is 9.59 Å². The second-order valence-corrected chi connectivity index (χ2v) is 6.01. The van der Waals surface area contributed by atoms with E-state index in [1.165, 1.54) is 7.11 Å². The molecule has 3 rings (SSSR count). The molecule has 2 amide bonds. The number of benzene rings is 1. The summed E-state index contributed by atoms with van der Waals surface area (Å²) in [4.78, 5) is 28.4. The zero-order valence-electron chi connectivity index (χ0n) is 12.9. The van der Waals surface area contributed by atoms with E-state index in [2.05, 4.69) is 0 Å². The normalized spacial score (nSPS) is 24.9. The number of ether oxygens (including phenoxy) is 1. The van der Waals surface area contributed by atoms with E-state index in [-0.39, 0.29) is 18.0 Å². The third-order valence-electron chi connectivity index (χ3n) is 4.66. The van der Waals surface area contributed by atoms with Crippen LogP contribution in [-0.2, 0) is 16.1 Å². The van der Waals surface area contributed by atoms with Crippen LogP contribution in [0, 0.1) is 0 Å². The molecule has 2 aliphatic rings. The molecular formula is C17H22N2O3. The van der Waals surface area contributed by atoms with Gasteiger partial charge in [0, 0.05) is 19.1 Å². The number of carbonyl (C=O) groups is 2. The molecule has 0 spiro atoms. The van der Waals surface area contributed by atoms with Crippen LogP contribution < -0.4 is 0 Å². The number of rotatable bonds is 3. The molecule has 2 heterocycles. The molecule has 118 valence electrons. The maximum atomic E-state index is 12.8. The highest BCUT2D eigenvalue weighted by Gasteiger charge is 2.43. The van der Waals surface area contributed by atoms with Crippen LogP contribution in [0.5, 0.6) is 0 Å². The lowest BCUT2D eigenvalue weighted by Crippen LogP contribution is -2.61. The molecule has 2 aliphatic heterocycles. The van der Waals surface area contributed by atoms with Crippen molar-refractivity contribution in [1.82, 2.24) is 9.80 Å². The van der Waals surface area contributed by atoms with Gasteiger partial charge in [-0.05, 0) is 31.2 Å². The lowest BCUT2D eigenvalue weighted by atomic mass is 9.92. The van der Waals surface area contributed by atoms with Crippen molar-refractivity contribution < 1.29 is 14.3 Å². The summed E-state index contributed by atoms with van der Waals surface area (Å²) in [7, 11) is 1.39. The first-order valence-corrected chi connectivity index (χ1v) is 7.89. The highest BCUT2D eigenvalue weighted by molar-refractivity contribution is 5.84. The Balaban J connectivity index is 1.77. The molecule has 1 aromatic rings. The number of fused-ring (bicyclic) bond motifs is 1. The van der Waals surface area contributed by atoms with Gasteiger partial charge in [-0.3, -0.25) is 0 Å². The second kappa shape index (κ2) is 6.38. The number of urea groups is 1. The first-order chi connectivity index (χ1) is 10.7. The SMILES string of the molecule is COC(=O)[C@@H]1CCC[C@H]2CCN(Cc3ccccc3)C(=O)N21. The Morgan fingerprint density at radius 1 is 1.23 bits per heavy atom. The van der Waals surface area contributed by atoms with Gasteiger partial charge in [0.05, 0.1) is 7.11 Å². The molecule has 2 fully saturated rings. The van der Waals surface area contributed by atoms with Gasteiger partial charge in [-0.2, -0.15) is 0 Å². The number of nitrogens with zero attached hydrogens (tertiary/aromatic N) is 2. The topological polar surface area (TPSA) is 49.9 Å². The highest BCUT2D eigenvalue weighted by atomic mass is 16.5. The van der Waals surface area contributed by atoms with Gasteiger partial charge >= 0.3 is 12.0 Å². The van der Waals surface area contributed by atoms with Crippen molar-refractivity contribution in [2.75, 3.05) is 13.7 Å². The molecule has 0 bridgehead atoms. The van der Waals surface area contributed by atoms with Crippen LogP contribution in [0.3, 0.4) is 0 Å². The fraction of sp³-hybridized carbons (Fsp3) is 0.529. The number of amides is 2. The Labute approximate surface area is 130 Å². The van der Waals surface area contributed by atoms with Gasteiger partial charge in [-0.15, -0.1) is 0 Å². The Kier molecular flexibility index (Phi) is 4.32. The van der Waals surface area contributed by atoms with E-state index in [1.54, 1.807) is 4.90 Å². The van der Waals surface area contributed by atoms with E-state index in [1.807, 2.05) is 35.2 Å². The molecular weight excluding hydrogens is 280 g/mol. The smallest absolute Gasteiger partial charge is 0.328 e. The van der Waals surface area contributed by atoms with Crippen LogP contribution in [0.25, 0.3) is 0 Å². The number of carbonyl (C=O) groups excluding carboxylic acids is 2. The Hall–Kier alpha value is -2.04. The number of hydrogen-bond donors (Lipinski definition) is 0. The van der Waals surface area contributed by atoms with Gasteiger partial charge in [0.1, 0.15) is 6.04 Å². The average Bonchev–Trinajstić information content (AvgIpc) is 2.57. The van der Waals surface area contributed by atoms with Crippen molar-refractivity contribution in [3.8, 4) is 0 Å². The van der Waals surface area contributed by atoms with Crippen molar-refractivity contribution in [3.05, 3.63) is 35.9 Å². The summed E-state index contributed by atoms with van der Waals surface area (Å²) in [6.07, 6.45) is 3.59. The first-order valence-electron chi connectivity index (χ1n) is 7.89. The number of methoxy groups -OCH3 is 1. The highest BCUT2D eigenvalue weighted by Crippen LogP contribution is 2.31. The van der Waals surface area contributed by atoms with Crippen LogP contribution >= 0.6 is 0 Å². The minimum Gasteiger partial charge on any atom is -0.467 e. The third kappa shape index (κ3) is 2.80. The maximum absolute atomic E-state index is 12.8. The molecule has 0 N–H and O–H groups in total. The predicted molar refractivity (Wildman–Crippen MR) is 82.1 cm³/mol. The van der Waals surface area contributed by atoms with Gasteiger partial charge in [-0.1, -0.05) is 30.3 Å². The Bertz CT molecular complexity index is 546. The molecule has 2 saturated heterocycles. The molecule has 22 heavy (non-hydrogen) atoms. The van der Waals surface area contributed by atoms with Gasteiger partial charge < -0.3 is 14.5 Å². The Morgan fingerprint density at radius 2 is 2.00 bits per heavy atom. The lowest BCUT2D eigenvalue weighted by molar-refractivity contribution is -0.149. The van der Waals surface area contributed by atoms with E-state index in [0.29, 0.717) is 13.0 Å². The zero-order chi connectivity index (χ0) is 15.5. The molecule has 5 heteroatoms. The van der Waals surface area contributed by atoms with Gasteiger partial charge in [0.15, 0.2) is 0 Å². The summed E-state index contributed by atoms with van der Waals surface area (Å²) in [5, 5.41) is 0. The molecule has 0 aromatic heterocycles. The van der Waals surface area contributed by atoms with Gasteiger partial charge in [0.2, 0.25) is 0 Å². The van der Waals surface area contributed by atoms with Gasteiger partial charge in [0.25, 0.3) is 0 Å². The molecule has 0 radical (unpaired) electrons.